The van der Waals surface area contributed by atoms with Gasteiger partial charge in [0.1, 0.15) is 0 Å². The summed E-state index contributed by atoms with van der Waals surface area (Å²) < 4.78 is 0. The Hall–Kier alpha value is -3.03. The van der Waals surface area contributed by atoms with Crippen molar-refractivity contribution in [1.29, 1.82) is 0 Å². The van der Waals surface area contributed by atoms with E-state index in [4.69, 9.17) is 5.73 Å². The van der Waals surface area contributed by atoms with Crippen LogP contribution in [0, 0.1) is 5.92 Å². The summed E-state index contributed by atoms with van der Waals surface area (Å²) in [6.07, 6.45) is 3.36. The Morgan fingerprint density at radius 3 is 2.38 bits per heavy atom. The van der Waals surface area contributed by atoms with Gasteiger partial charge in [-0.05, 0) is 75.7 Å². The summed E-state index contributed by atoms with van der Waals surface area (Å²) in [4.78, 5) is 39.5. The van der Waals surface area contributed by atoms with Crippen LogP contribution in [0.2, 0.25) is 0 Å². The van der Waals surface area contributed by atoms with Crippen LogP contribution in [0.4, 0.5) is 0 Å². The SMILES string of the molecule is CC(C)(N)C(=O)N[C@H](CCCc1ccccc1)C(=O)[C@@H]1C(CC(=O)O)c2ccccc2C12CCNCC2. The maximum absolute atomic E-state index is 14.5. The van der Waals surface area contributed by atoms with Gasteiger partial charge in [0, 0.05) is 17.3 Å². The Morgan fingerprint density at radius 1 is 1.08 bits per heavy atom. The van der Waals surface area contributed by atoms with Crippen molar-refractivity contribution in [2.45, 2.75) is 75.3 Å². The molecule has 1 unspecified atom stereocenters. The minimum absolute atomic E-state index is 0.0741. The third kappa shape index (κ3) is 5.78. The van der Waals surface area contributed by atoms with Gasteiger partial charge in [-0.25, -0.2) is 0 Å². The zero-order chi connectivity index (χ0) is 26.6. The van der Waals surface area contributed by atoms with Crippen LogP contribution >= 0.6 is 0 Å². The normalized spacial score (nSPS) is 21.3. The van der Waals surface area contributed by atoms with Crippen molar-refractivity contribution < 1.29 is 19.5 Å². The maximum Gasteiger partial charge on any atom is 0.303 e. The molecule has 0 aromatic heterocycles. The summed E-state index contributed by atoms with van der Waals surface area (Å²) in [5.74, 6) is -2.33. The highest BCUT2D eigenvalue weighted by molar-refractivity contribution is 5.95. The zero-order valence-electron chi connectivity index (χ0n) is 21.8. The molecule has 1 heterocycles. The van der Waals surface area contributed by atoms with Crippen molar-refractivity contribution in [3.05, 3.63) is 71.3 Å². The molecule has 1 fully saturated rings. The van der Waals surface area contributed by atoms with Crippen LogP contribution in [-0.2, 0) is 26.2 Å². The van der Waals surface area contributed by atoms with Crippen molar-refractivity contribution >= 4 is 17.7 Å². The van der Waals surface area contributed by atoms with Crippen molar-refractivity contribution in [2.75, 3.05) is 13.1 Å². The van der Waals surface area contributed by atoms with Gasteiger partial charge in [0.15, 0.2) is 5.78 Å². The number of rotatable bonds is 10. The van der Waals surface area contributed by atoms with Gasteiger partial charge in [-0.15, -0.1) is 0 Å². The third-order valence-corrected chi connectivity index (χ3v) is 8.13. The summed E-state index contributed by atoms with van der Waals surface area (Å²) in [6, 6.07) is 17.3. The average molecular weight is 506 g/mol. The number of carboxylic acid groups (broad SMARTS) is 1. The number of carbonyl (C=O) groups excluding carboxylic acids is 2. The molecule has 5 N–H and O–H groups in total. The van der Waals surface area contributed by atoms with Crippen molar-refractivity contribution in [3.63, 3.8) is 0 Å². The largest absolute Gasteiger partial charge is 0.481 e. The molecule has 1 amide bonds. The van der Waals surface area contributed by atoms with E-state index in [1.54, 1.807) is 13.8 Å². The van der Waals surface area contributed by atoms with Crippen LogP contribution in [0.25, 0.3) is 0 Å². The zero-order valence-corrected chi connectivity index (χ0v) is 21.8. The third-order valence-electron chi connectivity index (χ3n) is 8.13. The number of fused-ring (bicyclic) bond motifs is 2. The second kappa shape index (κ2) is 11.2. The molecule has 2 aromatic carbocycles. The molecule has 1 aliphatic carbocycles. The predicted octanol–water partition coefficient (Wildman–Crippen LogP) is 3.31. The average Bonchev–Trinajstić information content (AvgIpc) is 3.11. The smallest absolute Gasteiger partial charge is 0.303 e. The van der Waals surface area contributed by atoms with Crippen molar-refractivity contribution in [1.82, 2.24) is 10.6 Å². The highest BCUT2D eigenvalue weighted by Gasteiger charge is 2.56. The fourth-order valence-electron chi connectivity index (χ4n) is 6.35. The number of nitrogens with one attached hydrogen (secondary N) is 2. The van der Waals surface area contributed by atoms with Gasteiger partial charge in [-0.1, -0.05) is 54.6 Å². The van der Waals surface area contributed by atoms with Gasteiger partial charge >= 0.3 is 5.97 Å². The molecule has 3 atom stereocenters. The first-order valence-corrected chi connectivity index (χ1v) is 13.3. The molecule has 37 heavy (non-hydrogen) atoms. The molecule has 0 saturated carbocycles. The molecule has 0 bridgehead atoms. The molecule has 2 aliphatic rings. The maximum atomic E-state index is 14.5. The standard InChI is InChI=1S/C30H39N3O4/c1-29(2,31)28(37)33-24(14-8-11-20-9-4-3-5-10-20)27(36)26-22(19-25(34)35)21-12-6-7-13-23(21)30(26)15-17-32-18-16-30/h3-7,9-10,12-13,22,24,26,32H,8,11,14-19,31H2,1-2H3,(H,33,37)(H,34,35)/t22?,24-,26+/m1/s1. The van der Waals surface area contributed by atoms with E-state index in [0.29, 0.717) is 12.8 Å². The van der Waals surface area contributed by atoms with Gasteiger partial charge in [0.25, 0.3) is 0 Å². The second-order valence-corrected chi connectivity index (χ2v) is 11.2. The van der Waals surface area contributed by atoms with Crippen molar-refractivity contribution in [3.8, 4) is 0 Å². The number of piperidine rings is 1. The molecule has 2 aromatic rings. The summed E-state index contributed by atoms with van der Waals surface area (Å²) in [6.45, 7) is 4.78. The Morgan fingerprint density at radius 2 is 1.73 bits per heavy atom. The van der Waals surface area contributed by atoms with E-state index in [9.17, 15) is 19.5 Å². The van der Waals surface area contributed by atoms with Crippen LogP contribution in [-0.4, -0.2) is 47.4 Å². The van der Waals surface area contributed by atoms with E-state index < -0.39 is 34.8 Å². The quantitative estimate of drug-likeness (QED) is 0.393. The lowest BCUT2D eigenvalue weighted by Gasteiger charge is -2.42. The van der Waals surface area contributed by atoms with Crippen LogP contribution in [0.5, 0.6) is 0 Å². The van der Waals surface area contributed by atoms with Gasteiger partial charge < -0.3 is 21.5 Å². The molecule has 1 saturated heterocycles. The van der Waals surface area contributed by atoms with E-state index in [2.05, 4.69) is 28.8 Å². The van der Waals surface area contributed by atoms with E-state index in [1.807, 2.05) is 36.4 Å². The highest BCUT2D eigenvalue weighted by atomic mass is 16.4. The van der Waals surface area contributed by atoms with Crippen LogP contribution in [0.15, 0.2) is 54.6 Å². The lowest BCUT2D eigenvalue weighted by Crippen LogP contribution is -2.57. The summed E-state index contributed by atoms with van der Waals surface area (Å²) in [5.41, 5.74) is 7.73. The van der Waals surface area contributed by atoms with E-state index in [-0.39, 0.29) is 18.1 Å². The minimum atomic E-state index is -1.14. The first kappa shape index (κ1) is 27.0. The molecule has 7 nitrogen and oxygen atoms in total. The summed E-state index contributed by atoms with van der Waals surface area (Å²) >= 11 is 0. The Kier molecular flexibility index (Phi) is 8.14. The minimum Gasteiger partial charge on any atom is -0.481 e. The molecule has 198 valence electrons. The number of benzene rings is 2. The number of carbonyl (C=O) groups is 3. The van der Waals surface area contributed by atoms with E-state index in [1.165, 1.54) is 5.56 Å². The number of aryl methyl sites for hydroxylation is 1. The Bertz CT molecular complexity index is 1120. The number of Topliss-reactive ketones (excluding diaryl/α,β-unsaturated/α-hetero) is 1. The Balaban J connectivity index is 1.69. The van der Waals surface area contributed by atoms with Gasteiger partial charge in [0.05, 0.1) is 18.0 Å². The number of nitrogens with two attached hydrogens (primary N) is 1. The molecular formula is C30H39N3O4. The fourth-order valence-corrected chi connectivity index (χ4v) is 6.35. The number of amides is 1. The Labute approximate surface area is 219 Å². The lowest BCUT2D eigenvalue weighted by molar-refractivity contribution is -0.139. The molecule has 7 heteroatoms. The molecule has 4 rings (SSSR count). The van der Waals surface area contributed by atoms with Crippen molar-refractivity contribution in [2.24, 2.45) is 11.7 Å². The predicted molar refractivity (Wildman–Crippen MR) is 143 cm³/mol. The van der Waals surface area contributed by atoms with Gasteiger partial charge in [-0.3, -0.25) is 14.4 Å². The number of carboxylic acids is 1. The molecule has 1 aliphatic heterocycles. The lowest BCUT2D eigenvalue weighted by atomic mass is 9.64. The number of aliphatic carboxylic acids is 1. The van der Waals surface area contributed by atoms with Crippen LogP contribution in [0.1, 0.15) is 68.6 Å². The highest BCUT2D eigenvalue weighted by Crippen LogP contribution is 2.56. The molecular weight excluding hydrogens is 466 g/mol. The second-order valence-electron chi connectivity index (χ2n) is 11.2. The monoisotopic (exact) mass is 505 g/mol. The van der Waals surface area contributed by atoms with Gasteiger partial charge in [-0.2, -0.15) is 0 Å². The van der Waals surface area contributed by atoms with E-state index in [0.717, 1.165) is 43.5 Å². The van der Waals surface area contributed by atoms with E-state index >= 15 is 0 Å². The topological polar surface area (TPSA) is 122 Å². The first-order chi connectivity index (χ1) is 17.6. The first-order valence-electron chi connectivity index (χ1n) is 13.3. The summed E-state index contributed by atoms with van der Waals surface area (Å²) in [5, 5.41) is 16.2. The molecule has 1 spiro atoms. The number of hydrogen-bond acceptors (Lipinski definition) is 5. The van der Waals surface area contributed by atoms with Crippen LogP contribution in [0.3, 0.4) is 0 Å². The van der Waals surface area contributed by atoms with Crippen LogP contribution < -0.4 is 16.4 Å². The molecule has 0 radical (unpaired) electrons. The number of hydrogen-bond donors (Lipinski definition) is 4. The summed E-state index contributed by atoms with van der Waals surface area (Å²) in [7, 11) is 0. The fraction of sp³-hybridized carbons (Fsp3) is 0.500. The van der Waals surface area contributed by atoms with Gasteiger partial charge in [0.2, 0.25) is 5.91 Å². The number of ketones is 1.